The summed E-state index contributed by atoms with van der Waals surface area (Å²) in [6, 6.07) is 2.40. The van der Waals surface area contributed by atoms with E-state index in [1.807, 2.05) is 0 Å². The summed E-state index contributed by atoms with van der Waals surface area (Å²) in [5.41, 5.74) is 0.290. The molecule has 3 unspecified atom stereocenters. The van der Waals surface area contributed by atoms with Crippen molar-refractivity contribution in [3.05, 3.63) is 0 Å². The number of hydrogen-bond acceptors (Lipinski definition) is 3. The summed E-state index contributed by atoms with van der Waals surface area (Å²) < 4.78 is 0. The third kappa shape index (κ3) is 2.13. The molecule has 3 saturated heterocycles. The van der Waals surface area contributed by atoms with Gasteiger partial charge in [0.15, 0.2) is 0 Å². The highest BCUT2D eigenvalue weighted by Gasteiger charge is 2.44. The predicted molar refractivity (Wildman–Crippen MR) is 71.2 cm³/mol. The van der Waals surface area contributed by atoms with Crippen molar-refractivity contribution in [1.29, 1.82) is 0 Å². The van der Waals surface area contributed by atoms with E-state index in [2.05, 4.69) is 35.9 Å². The Morgan fingerprint density at radius 3 is 2.76 bits per heavy atom. The Hall–Kier alpha value is -0.120. The van der Waals surface area contributed by atoms with Crippen LogP contribution in [-0.2, 0) is 0 Å². The minimum Gasteiger partial charge on any atom is -0.309 e. The first kappa shape index (κ1) is 11.9. The van der Waals surface area contributed by atoms with Crippen LogP contribution in [-0.4, -0.2) is 59.6 Å². The molecule has 3 fully saturated rings. The van der Waals surface area contributed by atoms with Crippen LogP contribution in [0.2, 0.25) is 0 Å². The summed E-state index contributed by atoms with van der Waals surface area (Å²) >= 11 is 0. The highest BCUT2D eigenvalue weighted by molar-refractivity contribution is 5.02. The van der Waals surface area contributed by atoms with E-state index in [4.69, 9.17) is 0 Å². The smallest absolute Gasteiger partial charge is 0.0267 e. The van der Waals surface area contributed by atoms with Crippen molar-refractivity contribution in [1.82, 2.24) is 15.1 Å². The summed E-state index contributed by atoms with van der Waals surface area (Å²) in [6.07, 6.45) is 4.25. The van der Waals surface area contributed by atoms with Gasteiger partial charge in [0.1, 0.15) is 0 Å². The number of nitrogens with zero attached hydrogens (tertiary/aromatic N) is 2. The molecule has 0 bridgehead atoms. The van der Waals surface area contributed by atoms with Crippen molar-refractivity contribution in [2.45, 2.75) is 63.7 Å². The second kappa shape index (κ2) is 4.22. The summed E-state index contributed by atoms with van der Waals surface area (Å²) in [6.45, 7) is 12.1. The molecule has 3 aliphatic rings. The van der Waals surface area contributed by atoms with Crippen molar-refractivity contribution in [3.63, 3.8) is 0 Å². The Labute approximate surface area is 106 Å². The van der Waals surface area contributed by atoms with Gasteiger partial charge in [0.2, 0.25) is 0 Å². The standard InChI is InChI=1S/C14H27N3/c1-11-9-15-14(2,3)10-17(11)13-6-8-16-7-4-5-12(13)16/h11-13,15H,4-10H2,1-3H3. The van der Waals surface area contributed by atoms with Crippen LogP contribution in [0.5, 0.6) is 0 Å². The van der Waals surface area contributed by atoms with Gasteiger partial charge in [0.25, 0.3) is 0 Å². The van der Waals surface area contributed by atoms with E-state index in [-0.39, 0.29) is 0 Å². The average molecular weight is 237 g/mol. The second-order valence-electron chi connectivity index (χ2n) is 6.89. The first-order valence-electron chi connectivity index (χ1n) is 7.32. The van der Waals surface area contributed by atoms with E-state index in [1.54, 1.807) is 0 Å². The Morgan fingerprint density at radius 1 is 1.12 bits per heavy atom. The average Bonchev–Trinajstić information content (AvgIpc) is 2.83. The molecule has 0 aromatic carbocycles. The van der Waals surface area contributed by atoms with Gasteiger partial charge >= 0.3 is 0 Å². The van der Waals surface area contributed by atoms with E-state index in [0.717, 1.165) is 18.6 Å². The van der Waals surface area contributed by atoms with Gasteiger partial charge < -0.3 is 5.32 Å². The Morgan fingerprint density at radius 2 is 1.94 bits per heavy atom. The highest BCUT2D eigenvalue weighted by atomic mass is 15.3. The van der Waals surface area contributed by atoms with Crippen molar-refractivity contribution < 1.29 is 0 Å². The number of piperazine rings is 1. The molecule has 0 aliphatic carbocycles. The minimum atomic E-state index is 0.290. The van der Waals surface area contributed by atoms with Crippen LogP contribution in [0.1, 0.15) is 40.0 Å². The zero-order valence-electron chi connectivity index (χ0n) is 11.6. The molecular weight excluding hydrogens is 210 g/mol. The Kier molecular flexibility index (Phi) is 2.96. The fourth-order valence-electron chi connectivity index (χ4n) is 4.10. The van der Waals surface area contributed by atoms with Crippen LogP contribution < -0.4 is 5.32 Å². The van der Waals surface area contributed by atoms with Gasteiger partial charge in [0, 0.05) is 43.3 Å². The lowest BCUT2D eigenvalue weighted by molar-refractivity contribution is 0.0500. The molecule has 0 aromatic rings. The topological polar surface area (TPSA) is 18.5 Å². The maximum Gasteiger partial charge on any atom is 0.0267 e. The van der Waals surface area contributed by atoms with Crippen molar-refractivity contribution in [3.8, 4) is 0 Å². The lowest BCUT2D eigenvalue weighted by atomic mass is 9.94. The SMILES string of the molecule is CC1CNC(C)(C)CN1C1CCN2CCCC12. The zero-order chi connectivity index (χ0) is 12.0. The molecule has 0 aromatic heterocycles. The Bertz CT molecular complexity index is 289. The van der Waals surface area contributed by atoms with E-state index in [9.17, 15) is 0 Å². The first-order chi connectivity index (χ1) is 8.07. The summed E-state index contributed by atoms with van der Waals surface area (Å²) in [5.74, 6) is 0. The number of nitrogens with one attached hydrogen (secondary N) is 1. The Balaban J connectivity index is 1.74. The van der Waals surface area contributed by atoms with E-state index < -0.39 is 0 Å². The highest BCUT2D eigenvalue weighted by Crippen LogP contribution is 2.33. The maximum absolute atomic E-state index is 3.67. The zero-order valence-corrected chi connectivity index (χ0v) is 11.6. The van der Waals surface area contributed by atoms with Crippen molar-refractivity contribution >= 4 is 0 Å². The van der Waals surface area contributed by atoms with Gasteiger partial charge in [-0.3, -0.25) is 9.80 Å². The van der Waals surface area contributed by atoms with Crippen LogP contribution in [0, 0.1) is 0 Å². The van der Waals surface area contributed by atoms with Gasteiger partial charge in [-0.1, -0.05) is 0 Å². The quantitative estimate of drug-likeness (QED) is 0.741. The molecule has 3 nitrogen and oxygen atoms in total. The summed E-state index contributed by atoms with van der Waals surface area (Å²) in [4.78, 5) is 5.53. The van der Waals surface area contributed by atoms with Gasteiger partial charge in [-0.25, -0.2) is 0 Å². The molecule has 0 saturated carbocycles. The molecule has 0 spiro atoms. The van der Waals surface area contributed by atoms with Crippen LogP contribution in [0.25, 0.3) is 0 Å². The molecule has 0 radical (unpaired) electrons. The molecule has 0 amide bonds. The van der Waals surface area contributed by atoms with E-state index in [0.29, 0.717) is 11.6 Å². The van der Waals surface area contributed by atoms with Gasteiger partial charge in [0.05, 0.1) is 0 Å². The monoisotopic (exact) mass is 237 g/mol. The normalized spacial score (nSPS) is 42.9. The van der Waals surface area contributed by atoms with Crippen molar-refractivity contribution in [2.24, 2.45) is 0 Å². The molecule has 17 heavy (non-hydrogen) atoms. The van der Waals surface area contributed by atoms with E-state index in [1.165, 1.54) is 38.9 Å². The molecule has 3 atom stereocenters. The van der Waals surface area contributed by atoms with Crippen LogP contribution in [0.3, 0.4) is 0 Å². The largest absolute Gasteiger partial charge is 0.309 e. The molecule has 3 rings (SSSR count). The third-order valence-electron chi connectivity index (χ3n) is 5.02. The van der Waals surface area contributed by atoms with E-state index >= 15 is 0 Å². The fraction of sp³-hybridized carbons (Fsp3) is 1.00. The van der Waals surface area contributed by atoms with Crippen molar-refractivity contribution in [2.75, 3.05) is 26.2 Å². The van der Waals surface area contributed by atoms with Crippen LogP contribution in [0.4, 0.5) is 0 Å². The lowest BCUT2D eigenvalue weighted by Crippen LogP contribution is -2.64. The van der Waals surface area contributed by atoms with Crippen LogP contribution >= 0.6 is 0 Å². The lowest BCUT2D eigenvalue weighted by Gasteiger charge is -2.47. The second-order valence-corrected chi connectivity index (χ2v) is 6.89. The molecule has 3 aliphatic heterocycles. The first-order valence-corrected chi connectivity index (χ1v) is 7.32. The summed E-state index contributed by atoms with van der Waals surface area (Å²) in [7, 11) is 0. The third-order valence-corrected chi connectivity index (χ3v) is 5.02. The predicted octanol–water partition coefficient (Wildman–Crippen LogP) is 1.30. The number of fused-ring (bicyclic) bond motifs is 1. The van der Waals surface area contributed by atoms with Gasteiger partial charge in [-0.15, -0.1) is 0 Å². The molecule has 1 N–H and O–H groups in total. The molecule has 98 valence electrons. The van der Waals surface area contributed by atoms with Gasteiger partial charge in [-0.2, -0.15) is 0 Å². The fourth-order valence-corrected chi connectivity index (χ4v) is 4.10. The molecule has 3 heterocycles. The van der Waals surface area contributed by atoms with Gasteiger partial charge in [-0.05, 0) is 46.6 Å². The minimum absolute atomic E-state index is 0.290. The maximum atomic E-state index is 3.67. The molecule has 3 heteroatoms. The number of rotatable bonds is 1. The molecular formula is C14H27N3. The summed E-state index contributed by atoms with van der Waals surface area (Å²) in [5, 5.41) is 3.67. The van der Waals surface area contributed by atoms with Crippen LogP contribution in [0.15, 0.2) is 0 Å². The number of hydrogen-bond donors (Lipinski definition) is 1.